The van der Waals surface area contributed by atoms with E-state index < -0.39 is 12.3 Å². The molecule has 0 saturated heterocycles. The van der Waals surface area contributed by atoms with E-state index in [4.69, 9.17) is 0 Å². The minimum absolute atomic E-state index is 0.0161. The zero-order valence-electron chi connectivity index (χ0n) is 7.93. The fraction of sp³-hybridized carbons (Fsp3) is 0.800. The molecule has 1 N–H and O–H groups in total. The van der Waals surface area contributed by atoms with Crippen molar-refractivity contribution in [2.45, 2.75) is 44.4 Å². The standard InChI is InChI=1S/C10H15F3O/c11-10(12,13)7-6-9(14)8-4-2-1-3-5-8/h6-9,14H,1-5H2/b7-6-/t9-/m0/s1. The summed E-state index contributed by atoms with van der Waals surface area (Å²) in [5.74, 6) is 0.0161. The molecule has 1 nitrogen and oxygen atoms in total. The van der Waals surface area contributed by atoms with Gasteiger partial charge in [-0.2, -0.15) is 13.2 Å². The first-order valence-electron chi connectivity index (χ1n) is 4.93. The van der Waals surface area contributed by atoms with Crippen LogP contribution >= 0.6 is 0 Å². The van der Waals surface area contributed by atoms with Crippen molar-refractivity contribution in [2.24, 2.45) is 5.92 Å². The molecule has 0 aromatic heterocycles. The summed E-state index contributed by atoms with van der Waals surface area (Å²) in [5.41, 5.74) is 0. The Hall–Kier alpha value is -0.510. The molecular weight excluding hydrogens is 193 g/mol. The van der Waals surface area contributed by atoms with Crippen molar-refractivity contribution in [1.82, 2.24) is 0 Å². The lowest BCUT2D eigenvalue weighted by Crippen LogP contribution is -2.21. The topological polar surface area (TPSA) is 20.2 Å². The third kappa shape index (κ3) is 4.13. The van der Waals surface area contributed by atoms with Crippen LogP contribution in [0.4, 0.5) is 13.2 Å². The predicted octanol–water partition coefficient (Wildman–Crippen LogP) is 3.05. The maximum Gasteiger partial charge on any atom is 0.409 e. The Bertz CT molecular complexity index is 192. The van der Waals surface area contributed by atoms with E-state index in [1.165, 1.54) is 0 Å². The second kappa shape index (κ2) is 4.82. The van der Waals surface area contributed by atoms with E-state index in [9.17, 15) is 18.3 Å². The molecule has 0 amide bonds. The quantitative estimate of drug-likeness (QED) is 0.691. The predicted molar refractivity (Wildman–Crippen MR) is 47.8 cm³/mol. The van der Waals surface area contributed by atoms with E-state index in [1.807, 2.05) is 0 Å². The molecule has 0 aliphatic heterocycles. The monoisotopic (exact) mass is 208 g/mol. The molecule has 0 heterocycles. The molecule has 1 aliphatic carbocycles. The van der Waals surface area contributed by atoms with Crippen LogP contribution in [0.2, 0.25) is 0 Å². The lowest BCUT2D eigenvalue weighted by atomic mass is 9.85. The summed E-state index contributed by atoms with van der Waals surface area (Å²) < 4.78 is 35.4. The van der Waals surface area contributed by atoms with E-state index in [0.29, 0.717) is 0 Å². The largest absolute Gasteiger partial charge is 0.409 e. The van der Waals surface area contributed by atoms with Gasteiger partial charge in [-0.1, -0.05) is 25.3 Å². The van der Waals surface area contributed by atoms with Gasteiger partial charge in [0.1, 0.15) is 0 Å². The molecule has 0 bridgehead atoms. The first kappa shape index (κ1) is 11.6. The molecule has 1 fully saturated rings. The molecule has 1 aliphatic rings. The molecule has 0 unspecified atom stereocenters. The van der Waals surface area contributed by atoms with Crippen LogP contribution < -0.4 is 0 Å². The summed E-state index contributed by atoms with van der Waals surface area (Å²) in [5, 5.41) is 9.45. The molecule has 1 atom stereocenters. The molecule has 0 radical (unpaired) electrons. The molecule has 0 aromatic carbocycles. The first-order valence-corrected chi connectivity index (χ1v) is 4.93. The average Bonchev–Trinajstić information content (AvgIpc) is 2.14. The van der Waals surface area contributed by atoms with Crippen molar-refractivity contribution in [3.63, 3.8) is 0 Å². The minimum atomic E-state index is -4.31. The van der Waals surface area contributed by atoms with Crippen LogP contribution in [0.1, 0.15) is 32.1 Å². The molecule has 4 heteroatoms. The van der Waals surface area contributed by atoms with Crippen LogP contribution in [0.15, 0.2) is 12.2 Å². The number of hydrogen-bond acceptors (Lipinski definition) is 1. The number of alkyl halides is 3. The molecule has 0 aromatic rings. The van der Waals surface area contributed by atoms with Crippen molar-refractivity contribution in [2.75, 3.05) is 0 Å². The number of allylic oxidation sites excluding steroid dienone is 1. The Labute approximate surface area is 81.6 Å². The van der Waals surface area contributed by atoms with Crippen molar-refractivity contribution in [3.05, 3.63) is 12.2 Å². The van der Waals surface area contributed by atoms with Gasteiger partial charge in [0.25, 0.3) is 0 Å². The summed E-state index contributed by atoms with van der Waals surface area (Å²) in [4.78, 5) is 0. The van der Waals surface area contributed by atoms with Gasteiger partial charge in [-0.15, -0.1) is 0 Å². The Morgan fingerprint density at radius 2 is 1.71 bits per heavy atom. The van der Waals surface area contributed by atoms with E-state index >= 15 is 0 Å². The maximum absolute atomic E-state index is 11.8. The molecule has 14 heavy (non-hydrogen) atoms. The van der Waals surface area contributed by atoms with Gasteiger partial charge < -0.3 is 5.11 Å². The van der Waals surface area contributed by atoms with Gasteiger partial charge in [-0.25, -0.2) is 0 Å². The van der Waals surface area contributed by atoms with Gasteiger partial charge >= 0.3 is 6.18 Å². The number of aliphatic hydroxyl groups is 1. The SMILES string of the molecule is O[C@@H](/C=C\C(F)(F)F)C1CCCCC1. The van der Waals surface area contributed by atoms with E-state index in [2.05, 4.69) is 0 Å². The minimum Gasteiger partial charge on any atom is -0.389 e. The molecule has 82 valence electrons. The van der Waals surface area contributed by atoms with Gasteiger partial charge in [-0.3, -0.25) is 0 Å². The summed E-state index contributed by atoms with van der Waals surface area (Å²) in [6.07, 6.45) is 0.594. The Kier molecular flexibility index (Phi) is 3.98. The van der Waals surface area contributed by atoms with Gasteiger partial charge in [-0.05, 0) is 18.8 Å². The zero-order valence-corrected chi connectivity index (χ0v) is 7.93. The second-order valence-electron chi connectivity index (χ2n) is 3.79. The van der Waals surface area contributed by atoms with Crippen molar-refractivity contribution < 1.29 is 18.3 Å². The summed E-state index contributed by atoms with van der Waals surface area (Å²) in [7, 11) is 0. The first-order chi connectivity index (χ1) is 6.49. The van der Waals surface area contributed by atoms with Crippen LogP contribution in [0.25, 0.3) is 0 Å². The van der Waals surface area contributed by atoms with Gasteiger partial charge in [0.15, 0.2) is 0 Å². The van der Waals surface area contributed by atoms with E-state index in [0.717, 1.165) is 38.2 Å². The smallest absolute Gasteiger partial charge is 0.389 e. The number of rotatable bonds is 2. The zero-order chi connectivity index (χ0) is 10.6. The highest BCUT2D eigenvalue weighted by Gasteiger charge is 2.25. The second-order valence-corrected chi connectivity index (χ2v) is 3.79. The van der Waals surface area contributed by atoms with Crippen LogP contribution in [0.5, 0.6) is 0 Å². The Balaban J connectivity index is 2.40. The highest BCUT2D eigenvalue weighted by atomic mass is 19.4. The molecule has 1 saturated carbocycles. The third-order valence-corrected chi connectivity index (χ3v) is 2.62. The van der Waals surface area contributed by atoms with Crippen LogP contribution in [0.3, 0.4) is 0 Å². The molecular formula is C10H15F3O. The van der Waals surface area contributed by atoms with E-state index in [-0.39, 0.29) is 12.0 Å². The number of halogens is 3. The van der Waals surface area contributed by atoms with Crippen molar-refractivity contribution >= 4 is 0 Å². The van der Waals surface area contributed by atoms with Crippen LogP contribution in [-0.2, 0) is 0 Å². The number of aliphatic hydroxyl groups excluding tert-OH is 1. The lowest BCUT2D eigenvalue weighted by molar-refractivity contribution is -0.0808. The van der Waals surface area contributed by atoms with Gasteiger partial charge in [0.05, 0.1) is 6.10 Å². The highest BCUT2D eigenvalue weighted by molar-refractivity contribution is 4.96. The highest BCUT2D eigenvalue weighted by Crippen LogP contribution is 2.27. The maximum atomic E-state index is 11.8. The fourth-order valence-electron chi connectivity index (χ4n) is 1.84. The average molecular weight is 208 g/mol. The van der Waals surface area contributed by atoms with Crippen molar-refractivity contribution in [1.29, 1.82) is 0 Å². The molecule has 0 spiro atoms. The van der Waals surface area contributed by atoms with Gasteiger partial charge in [0.2, 0.25) is 0 Å². The van der Waals surface area contributed by atoms with Gasteiger partial charge in [0, 0.05) is 6.08 Å². The summed E-state index contributed by atoms with van der Waals surface area (Å²) >= 11 is 0. The van der Waals surface area contributed by atoms with E-state index in [1.54, 1.807) is 0 Å². The van der Waals surface area contributed by atoms with Crippen LogP contribution in [0, 0.1) is 5.92 Å². The summed E-state index contributed by atoms with van der Waals surface area (Å²) in [6.45, 7) is 0. The van der Waals surface area contributed by atoms with Crippen molar-refractivity contribution in [3.8, 4) is 0 Å². The summed E-state index contributed by atoms with van der Waals surface area (Å²) in [6, 6.07) is 0. The third-order valence-electron chi connectivity index (χ3n) is 2.62. The fourth-order valence-corrected chi connectivity index (χ4v) is 1.84. The normalized spacial score (nSPS) is 22.9. The number of hydrogen-bond donors (Lipinski definition) is 1. The Morgan fingerprint density at radius 3 is 2.21 bits per heavy atom. The Morgan fingerprint density at radius 1 is 1.14 bits per heavy atom. The molecule has 1 rings (SSSR count). The lowest BCUT2D eigenvalue weighted by Gasteiger charge is -2.24. The van der Waals surface area contributed by atoms with Crippen LogP contribution in [-0.4, -0.2) is 17.4 Å².